The molecule has 0 aliphatic rings. The first kappa shape index (κ1) is 17.5. The zero-order chi connectivity index (χ0) is 17.0. The monoisotopic (exact) mass is 370 g/mol. The van der Waals surface area contributed by atoms with Crippen LogP contribution in [0.3, 0.4) is 0 Å². The summed E-state index contributed by atoms with van der Waals surface area (Å²) in [5.74, 6) is -0.451. The molecule has 1 amide bonds. The van der Waals surface area contributed by atoms with Gasteiger partial charge in [0.2, 0.25) is 15.9 Å². The molecule has 3 N–H and O–H groups in total. The van der Waals surface area contributed by atoms with Crippen molar-refractivity contribution in [2.24, 2.45) is 5.14 Å². The van der Waals surface area contributed by atoms with Crippen molar-refractivity contribution in [3.05, 3.63) is 64.1 Å². The van der Waals surface area contributed by atoms with Gasteiger partial charge in [0.1, 0.15) is 0 Å². The summed E-state index contributed by atoms with van der Waals surface area (Å²) in [7, 11) is -3.83. The van der Waals surface area contributed by atoms with Crippen LogP contribution in [0.2, 0.25) is 10.0 Å². The maximum Gasteiger partial charge on any atom is 0.248 e. The molecule has 2 rings (SSSR count). The Labute approximate surface area is 143 Å². The SMILES string of the molecule is NS(=O)(=O)c1cccc(NC(=O)/C=C/c2cc(Cl)ccc2Cl)c1. The molecule has 2 aromatic carbocycles. The molecule has 0 atom stereocenters. The Bertz CT molecular complexity index is 880. The highest BCUT2D eigenvalue weighted by molar-refractivity contribution is 7.89. The van der Waals surface area contributed by atoms with E-state index in [4.69, 9.17) is 28.3 Å². The number of hydrogen-bond donors (Lipinski definition) is 2. The fourth-order valence-electron chi connectivity index (χ4n) is 1.74. The van der Waals surface area contributed by atoms with Crippen LogP contribution in [0.25, 0.3) is 6.08 Å². The van der Waals surface area contributed by atoms with Gasteiger partial charge < -0.3 is 5.32 Å². The smallest absolute Gasteiger partial charge is 0.248 e. The topological polar surface area (TPSA) is 89.3 Å². The summed E-state index contributed by atoms with van der Waals surface area (Å²) < 4.78 is 22.5. The lowest BCUT2D eigenvalue weighted by atomic mass is 10.2. The lowest BCUT2D eigenvalue weighted by Gasteiger charge is -2.04. The van der Waals surface area contributed by atoms with Crippen molar-refractivity contribution >= 4 is 50.9 Å². The minimum atomic E-state index is -3.83. The maximum atomic E-state index is 11.9. The normalized spacial score (nSPS) is 11.6. The number of hydrogen-bond acceptors (Lipinski definition) is 3. The molecule has 0 saturated carbocycles. The van der Waals surface area contributed by atoms with Gasteiger partial charge in [-0.15, -0.1) is 0 Å². The maximum absolute atomic E-state index is 11.9. The van der Waals surface area contributed by atoms with Crippen LogP contribution in [0, 0.1) is 0 Å². The Hall–Kier alpha value is -1.86. The Morgan fingerprint density at radius 1 is 1.13 bits per heavy atom. The number of nitrogens with two attached hydrogens (primary N) is 1. The van der Waals surface area contributed by atoms with Gasteiger partial charge in [0.25, 0.3) is 0 Å². The number of rotatable bonds is 4. The fraction of sp³-hybridized carbons (Fsp3) is 0. The van der Waals surface area contributed by atoms with Crippen molar-refractivity contribution in [3.63, 3.8) is 0 Å². The standard InChI is InChI=1S/C15H12Cl2N2O3S/c16-11-5-6-14(17)10(8-11)4-7-15(20)19-12-2-1-3-13(9-12)23(18,21)22/h1-9H,(H,19,20)(H2,18,21,22)/b7-4+. The van der Waals surface area contributed by atoms with Gasteiger partial charge in [-0.25, -0.2) is 13.6 Å². The predicted molar refractivity (Wildman–Crippen MR) is 91.9 cm³/mol. The minimum Gasteiger partial charge on any atom is -0.322 e. The molecule has 0 heterocycles. The molecule has 0 aromatic heterocycles. The Morgan fingerprint density at radius 3 is 2.57 bits per heavy atom. The van der Waals surface area contributed by atoms with Gasteiger partial charge in [0.15, 0.2) is 0 Å². The Kier molecular flexibility index (Phi) is 5.43. The van der Waals surface area contributed by atoms with Gasteiger partial charge in [-0.3, -0.25) is 4.79 Å². The number of nitrogens with one attached hydrogen (secondary N) is 1. The highest BCUT2D eigenvalue weighted by Crippen LogP contribution is 2.22. The number of carbonyl (C=O) groups is 1. The minimum absolute atomic E-state index is 0.0860. The van der Waals surface area contributed by atoms with Crippen LogP contribution in [0.1, 0.15) is 5.56 Å². The van der Waals surface area contributed by atoms with Crippen molar-refractivity contribution in [2.45, 2.75) is 4.90 Å². The molecule has 5 nitrogen and oxygen atoms in total. The van der Waals surface area contributed by atoms with Crippen LogP contribution in [0.4, 0.5) is 5.69 Å². The number of carbonyl (C=O) groups excluding carboxylic acids is 1. The van der Waals surface area contributed by atoms with Gasteiger partial charge >= 0.3 is 0 Å². The summed E-state index contributed by atoms with van der Waals surface area (Å²) in [5.41, 5.74) is 0.899. The average molecular weight is 371 g/mol. The molecule has 0 bridgehead atoms. The van der Waals surface area contributed by atoms with E-state index in [-0.39, 0.29) is 4.90 Å². The number of primary sulfonamides is 1. The number of amides is 1. The van der Waals surface area contributed by atoms with Gasteiger partial charge in [0.05, 0.1) is 4.90 Å². The van der Waals surface area contributed by atoms with E-state index in [0.29, 0.717) is 21.3 Å². The average Bonchev–Trinajstić information content (AvgIpc) is 2.47. The summed E-state index contributed by atoms with van der Waals surface area (Å²) in [4.78, 5) is 11.8. The zero-order valence-electron chi connectivity index (χ0n) is 11.7. The van der Waals surface area contributed by atoms with E-state index in [1.807, 2.05) is 0 Å². The summed E-state index contributed by atoms with van der Waals surface area (Å²) in [6, 6.07) is 10.5. The predicted octanol–water partition coefficient (Wildman–Crippen LogP) is 3.29. The second kappa shape index (κ2) is 7.14. The molecular weight excluding hydrogens is 359 g/mol. The summed E-state index contributed by atoms with van der Waals surface area (Å²) in [5, 5.41) is 8.53. The van der Waals surface area contributed by atoms with E-state index in [1.165, 1.54) is 30.4 Å². The van der Waals surface area contributed by atoms with Crippen LogP contribution in [-0.2, 0) is 14.8 Å². The Morgan fingerprint density at radius 2 is 1.87 bits per heavy atom. The lowest BCUT2D eigenvalue weighted by molar-refractivity contribution is -0.111. The second-order valence-corrected chi connectivity index (χ2v) is 6.97. The molecule has 0 aliphatic carbocycles. The third-order valence-corrected chi connectivity index (χ3v) is 4.29. The van der Waals surface area contributed by atoms with Crippen LogP contribution in [0.5, 0.6) is 0 Å². The number of anilines is 1. The van der Waals surface area contributed by atoms with Gasteiger partial charge in [0, 0.05) is 21.8 Å². The van der Waals surface area contributed by atoms with Crippen LogP contribution < -0.4 is 10.5 Å². The highest BCUT2D eigenvalue weighted by Gasteiger charge is 2.08. The molecular formula is C15H12Cl2N2O3S. The van der Waals surface area contributed by atoms with E-state index in [1.54, 1.807) is 24.3 Å². The molecule has 120 valence electrons. The molecule has 0 radical (unpaired) electrons. The third kappa shape index (κ3) is 5.07. The molecule has 8 heteroatoms. The molecule has 0 spiro atoms. The van der Waals surface area contributed by atoms with Gasteiger partial charge in [-0.2, -0.15) is 0 Å². The van der Waals surface area contributed by atoms with Crippen molar-refractivity contribution in [2.75, 3.05) is 5.32 Å². The second-order valence-electron chi connectivity index (χ2n) is 4.56. The first-order chi connectivity index (χ1) is 10.8. The van der Waals surface area contributed by atoms with E-state index in [2.05, 4.69) is 5.32 Å². The van der Waals surface area contributed by atoms with Crippen LogP contribution in [-0.4, -0.2) is 14.3 Å². The van der Waals surface area contributed by atoms with Crippen LogP contribution in [0.15, 0.2) is 53.4 Å². The summed E-state index contributed by atoms with van der Waals surface area (Å²) in [6.07, 6.45) is 2.77. The number of halogens is 2. The molecule has 0 fully saturated rings. The van der Waals surface area contributed by atoms with Crippen LogP contribution >= 0.6 is 23.2 Å². The largest absolute Gasteiger partial charge is 0.322 e. The van der Waals surface area contributed by atoms with Crippen molar-refractivity contribution in [1.29, 1.82) is 0 Å². The Balaban J connectivity index is 2.14. The molecule has 2 aromatic rings. The molecule has 0 saturated heterocycles. The van der Waals surface area contributed by atoms with E-state index >= 15 is 0 Å². The van der Waals surface area contributed by atoms with E-state index in [9.17, 15) is 13.2 Å². The molecule has 0 aliphatic heterocycles. The van der Waals surface area contributed by atoms with Gasteiger partial charge in [-0.05, 0) is 48.0 Å². The summed E-state index contributed by atoms with van der Waals surface area (Å²) >= 11 is 11.8. The third-order valence-electron chi connectivity index (χ3n) is 2.80. The quantitative estimate of drug-likeness (QED) is 0.809. The first-order valence-corrected chi connectivity index (χ1v) is 8.63. The van der Waals surface area contributed by atoms with E-state index in [0.717, 1.165) is 0 Å². The zero-order valence-corrected chi connectivity index (χ0v) is 14.0. The number of benzene rings is 2. The van der Waals surface area contributed by atoms with Gasteiger partial charge in [-0.1, -0.05) is 29.3 Å². The fourth-order valence-corrected chi connectivity index (χ4v) is 2.66. The van der Waals surface area contributed by atoms with Crippen molar-refractivity contribution in [1.82, 2.24) is 0 Å². The first-order valence-electron chi connectivity index (χ1n) is 6.33. The number of sulfonamides is 1. The summed E-state index contributed by atoms with van der Waals surface area (Å²) in [6.45, 7) is 0. The van der Waals surface area contributed by atoms with Crippen molar-refractivity contribution < 1.29 is 13.2 Å². The highest BCUT2D eigenvalue weighted by atomic mass is 35.5. The van der Waals surface area contributed by atoms with Crippen molar-refractivity contribution in [3.8, 4) is 0 Å². The lowest BCUT2D eigenvalue weighted by Crippen LogP contribution is -2.13. The molecule has 23 heavy (non-hydrogen) atoms. The molecule has 0 unspecified atom stereocenters. The van der Waals surface area contributed by atoms with E-state index < -0.39 is 15.9 Å².